The Morgan fingerprint density at radius 3 is 1.81 bits per heavy atom. The van der Waals surface area contributed by atoms with E-state index in [4.69, 9.17) is 4.84 Å². The van der Waals surface area contributed by atoms with Crippen LogP contribution in [-0.2, 0) is 10.1 Å². The Morgan fingerprint density at radius 2 is 1.48 bits per heavy atom. The fourth-order valence-corrected chi connectivity index (χ4v) is 2.97. The molecule has 0 unspecified atom stereocenters. The summed E-state index contributed by atoms with van der Waals surface area (Å²) in [4.78, 5) is 4.75. The summed E-state index contributed by atoms with van der Waals surface area (Å²) in [7, 11) is -2.71. The number of hydrogen-bond donors (Lipinski definition) is 0. The molecular formula is C15H19NO4S. The lowest BCUT2D eigenvalue weighted by Gasteiger charge is -2.14. The first-order chi connectivity index (χ1) is 9.75. The van der Waals surface area contributed by atoms with Crippen molar-refractivity contribution in [2.45, 2.75) is 25.7 Å². The smallest absolute Gasteiger partial charge is 0.222 e. The van der Waals surface area contributed by atoms with Gasteiger partial charge in [-0.1, -0.05) is 23.8 Å². The molecule has 21 heavy (non-hydrogen) atoms. The van der Waals surface area contributed by atoms with Crippen molar-refractivity contribution in [1.29, 1.82) is 0 Å². The van der Waals surface area contributed by atoms with Crippen molar-refractivity contribution in [3.8, 4) is 0 Å². The van der Waals surface area contributed by atoms with Crippen LogP contribution in [0.1, 0.15) is 16.7 Å². The number of hydrogen-bond acceptors (Lipinski definition) is 4. The SMILES string of the molecule is CO[n+]1ccccc1.Cc1cc(C)c(S(=O)(=O)[O-])c(C)c1. The maximum Gasteiger partial charge on any atom is 0.222 e. The van der Waals surface area contributed by atoms with Crippen LogP contribution >= 0.6 is 0 Å². The van der Waals surface area contributed by atoms with Gasteiger partial charge in [-0.2, -0.15) is 0 Å². The summed E-state index contributed by atoms with van der Waals surface area (Å²) in [5.41, 5.74) is 2.00. The number of rotatable bonds is 2. The molecule has 1 aromatic heterocycles. The van der Waals surface area contributed by atoms with Crippen molar-refractivity contribution < 1.29 is 22.5 Å². The first-order valence-electron chi connectivity index (χ1n) is 6.30. The van der Waals surface area contributed by atoms with Crippen LogP contribution in [0.4, 0.5) is 0 Å². The van der Waals surface area contributed by atoms with Gasteiger partial charge in [-0.3, -0.25) is 4.84 Å². The molecule has 2 aromatic rings. The Labute approximate surface area is 125 Å². The van der Waals surface area contributed by atoms with E-state index in [1.165, 1.54) is 0 Å². The van der Waals surface area contributed by atoms with Gasteiger partial charge in [-0.15, -0.1) is 0 Å². The van der Waals surface area contributed by atoms with Crippen molar-refractivity contribution in [3.63, 3.8) is 0 Å². The summed E-state index contributed by atoms with van der Waals surface area (Å²) >= 11 is 0. The van der Waals surface area contributed by atoms with E-state index < -0.39 is 10.1 Å². The summed E-state index contributed by atoms with van der Waals surface area (Å²) < 4.78 is 34.1. The van der Waals surface area contributed by atoms with Crippen LogP contribution in [0, 0.1) is 20.8 Å². The van der Waals surface area contributed by atoms with Gasteiger partial charge in [0.25, 0.3) is 0 Å². The molecule has 0 amide bonds. The molecule has 0 aliphatic carbocycles. The largest absolute Gasteiger partial charge is 0.744 e. The van der Waals surface area contributed by atoms with Crippen LogP contribution in [0.25, 0.3) is 0 Å². The molecule has 0 N–H and O–H groups in total. The van der Waals surface area contributed by atoms with E-state index in [0.29, 0.717) is 11.1 Å². The van der Waals surface area contributed by atoms with Crippen LogP contribution in [0.5, 0.6) is 0 Å². The summed E-state index contributed by atoms with van der Waals surface area (Å²) in [5, 5.41) is 0. The van der Waals surface area contributed by atoms with E-state index in [2.05, 4.69) is 0 Å². The second kappa shape index (κ2) is 7.19. The number of aromatic nitrogens is 1. The first kappa shape index (κ1) is 17.1. The minimum atomic E-state index is -4.33. The van der Waals surface area contributed by atoms with E-state index in [9.17, 15) is 13.0 Å². The number of benzene rings is 1. The van der Waals surface area contributed by atoms with Crippen LogP contribution in [-0.4, -0.2) is 20.1 Å². The predicted molar refractivity (Wildman–Crippen MR) is 77.8 cm³/mol. The third kappa shape index (κ3) is 5.17. The van der Waals surface area contributed by atoms with Crippen molar-refractivity contribution in [2.75, 3.05) is 7.11 Å². The standard InChI is InChI=1S/C9H12O3S.C6H8NO/c1-6-4-7(2)9(8(3)5-6)13(10,11)12;1-8-7-5-3-2-4-6-7/h4-5H,1-3H3,(H,10,11,12);2-6H,1H3/q;+1/p-1. The van der Waals surface area contributed by atoms with E-state index in [-0.39, 0.29) is 4.90 Å². The van der Waals surface area contributed by atoms with Gasteiger partial charge in [0.1, 0.15) is 17.2 Å². The van der Waals surface area contributed by atoms with Crippen molar-refractivity contribution in [1.82, 2.24) is 0 Å². The molecule has 0 bridgehead atoms. The molecule has 0 aliphatic heterocycles. The Balaban J connectivity index is 0.000000235. The molecular weight excluding hydrogens is 290 g/mol. The fourth-order valence-electron chi connectivity index (χ4n) is 2.07. The maximum absolute atomic E-state index is 10.8. The molecule has 1 heterocycles. The lowest BCUT2D eigenvalue weighted by Crippen LogP contribution is -2.38. The van der Waals surface area contributed by atoms with Gasteiger partial charge in [-0.05, 0) is 31.9 Å². The first-order valence-corrected chi connectivity index (χ1v) is 7.71. The van der Waals surface area contributed by atoms with Crippen LogP contribution in [0.2, 0.25) is 0 Å². The number of pyridine rings is 1. The topological polar surface area (TPSA) is 70.3 Å². The van der Waals surface area contributed by atoms with Gasteiger partial charge < -0.3 is 4.55 Å². The highest BCUT2D eigenvalue weighted by Gasteiger charge is 2.09. The molecule has 6 heteroatoms. The Bertz CT molecular complexity index is 674. The molecule has 0 fully saturated rings. The summed E-state index contributed by atoms with van der Waals surface area (Å²) in [5.74, 6) is 0. The van der Waals surface area contributed by atoms with Crippen molar-refractivity contribution in [2.24, 2.45) is 0 Å². The normalized spacial score (nSPS) is 10.5. The molecule has 114 valence electrons. The van der Waals surface area contributed by atoms with Gasteiger partial charge in [0.2, 0.25) is 12.4 Å². The lowest BCUT2D eigenvalue weighted by molar-refractivity contribution is -0.885. The third-order valence-electron chi connectivity index (χ3n) is 2.75. The Morgan fingerprint density at radius 1 is 1.00 bits per heavy atom. The molecule has 0 saturated heterocycles. The van der Waals surface area contributed by atoms with Gasteiger partial charge in [0, 0.05) is 16.9 Å². The molecule has 0 spiro atoms. The minimum absolute atomic E-state index is 0.0851. The van der Waals surface area contributed by atoms with Gasteiger partial charge >= 0.3 is 0 Å². The average molecular weight is 309 g/mol. The van der Waals surface area contributed by atoms with Crippen molar-refractivity contribution in [3.05, 3.63) is 59.4 Å². The van der Waals surface area contributed by atoms with Crippen LogP contribution in [0.15, 0.2) is 47.6 Å². The summed E-state index contributed by atoms with van der Waals surface area (Å²) in [6.45, 7) is 5.12. The van der Waals surface area contributed by atoms with E-state index in [1.807, 2.05) is 37.5 Å². The zero-order valence-electron chi connectivity index (χ0n) is 12.5. The third-order valence-corrected chi connectivity index (χ3v) is 3.90. The quantitative estimate of drug-likeness (QED) is 0.623. The highest BCUT2D eigenvalue weighted by molar-refractivity contribution is 7.85. The summed E-state index contributed by atoms with van der Waals surface area (Å²) in [6.07, 6.45) is 3.67. The molecule has 0 saturated carbocycles. The Kier molecular flexibility index (Phi) is 5.87. The van der Waals surface area contributed by atoms with Gasteiger partial charge in [0.05, 0.1) is 4.90 Å². The monoisotopic (exact) mass is 309 g/mol. The van der Waals surface area contributed by atoms with Gasteiger partial charge in [0.15, 0.2) is 0 Å². The molecule has 0 aliphatic rings. The Hall–Kier alpha value is -1.92. The zero-order chi connectivity index (χ0) is 16.0. The number of nitrogens with zero attached hydrogens (tertiary/aromatic N) is 1. The molecule has 5 nitrogen and oxygen atoms in total. The van der Waals surface area contributed by atoms with E-state index in [0.717, 1.165) is 5.56 Å². The highest BCUT2D eigenvalue weighted by Crippen LogP contribution is 2.20. The average Bonchev–Trinajstić information content (AvgIpc) is 2.37. The summed E-state index contributed by atoms with van der Waals surface area (Å²) in [6, 6.07) is 9.14. The lowest BCUT2D eigenvalue weighted by atomic mass is 10.1. The van der Waals surface area contributed by atoms with E-state index >= 15 is 0 Å². The molecule has 1 aromatic carbocycles. The molecule has 0 radical (unpaired) electrons. The van der Waals surface area contributed by atoms with E-state index in [1.54, 1.807) is 37.8 Å². The number of aryl methyl sites for hydroxylation is 3. The predicted octanol–water partition coefficient (Wildman–Crippen LogP) is 1.55. The van der Waals surface area contributed by atoms with Crippen molar-refractivity contribution >= 4 is 10.1 Å². The second-order valence-electron chi connectivity index (χ2n) is 4.60. The molecule has 0 atom stereocenters. The zero-order valence-corrected chi connectivity index (χ0v) is 13.3. The maximum atomic E-state index is 10.8. The van der Waals surface area contributed by atoms with Gasteiger partial charge in [-0.25, -0.2) is 8.42 Å². The fraction of sp³-hybridized carbons (Fsp3) is 0.267. The minimum Gasteiger partial charge on any atom is -0.744 e. The van der Waals surface area contributed by atoms with Crippen LogP contribution < -0.4 is 9.57 Å². The van der Waals surface area contributed by atoms with Crippen LogP contribution in [0.3, 0.4) is 0 Å². The second-order valence-corrected chi connectivity index (χ2v) is 5.92. The highest BCUT2D eigenvalue weighted by atomic mass is 32.2. The molecule has 2 rings (SSSR count).